The summed E-state index contributed by atoms with van der Waals surface area (Å²) in [5.41, 5.74) is 1.98. The van der Waals surface area contributed by atoms with Crippen molar-refractivity contribution >= 4 is 0 Å². The van der Waals surface area contributed by atoms with Crippen LogP contribution in [0, 0.1) is 0 Å². The zero-order valence-corrected chi connectivity index (χ0v) is 8.77. The summed E-state index contributed by atoms with van der Waals surface area (Å²) in [4.78, 5) is 0. The highest BCUT2D eigenvalue weighted by molar-refractivity contribution is 5.51. The zero-order chi connectivity index (χ0) is 11.0. The van der Waals surface area contributed by atoms with Gasteiger partial charge in [-0.3, -0.25) is 0 Å². The number of fused-ring (bicyclic) bond motifs is 1. The second kappa shape index (κ2) is 3.52. The van der Waals surface area contributed by atoms with E-state index in [9.17, 15) is 0 Å². The van der Waals surface area contributed by atoms with Gasteiger partial charge in [0.25, 0.3) is 0 Å². The molecule has 2 aliphatic heterocycles. The van der Waals surface area contributed by atoms with Crippen molar-refractivity contribution < 1.29 is 14.2 Å². The molecular formula is C11H10N2O3. The lowest BCUT2D eigenvalue weighted by Gasteiger charge is -2.14. The molecule has 0 aromatic heterocycles. The molecule has 3 aliphatic rings. The molecule has 0 fully saturated rings. The number of allylic oxidation sites excluding steroid dienone is 4. The molecule has 3 rings (SSSR count). The summed E-state index contributed by atoms with van der Waals surface area (Å²) < 4.78 is 15.9. The summed E-state index contributed by atoms with van der Waals surface area (Å²) in [6.07, 6.45) is 6.08. The van der Waals surface area contributed by atoms with Gasteiger partial charge in [-0.1, -0.05) is 0 Å². The van der Waals surface area contributed by atoms with Crippen molar-refractivity contribution in [2.45, 2.75) is 6.42 Å². The molecule has 0 aromatic rings. The number of rotatable bonds is 1. The van der Waals surface area contributed by atoms with Crippen molar-refractivity contribution in [1.82, 2.24) is 0 Å². The van der Waals surface area contributed by atoms with Crippen molar-refractivity contribution in [3.8, 4) is 0 Å². The molecule has 1 aliphatic carbocycles. The van der Waals surface area contributed by atoms with Crippen LogP contribution in [0.25, 0.3) is 0 Å². The number of hydrogen-bond acceptors (Lipinski definition) is 5. The first-order valence-electron chi connectivity index (χ1n) is 4.94. The quantitative estimate of drug-likeness (QED) is 0.678. The Morgan fingerprint density at radius 2 is 2.31 bits per heavy atom. The molecule has 0 radical (unpaired) electrons. The number of hydrogen-bond donors (Lipinski definition) is 0. The first-order valence-corrected chi connectivity index (χ1v) is 4.94. The molecule has 0 amide bonds. The third kappa shape index (κ3) is 1.32. The van der Waals surface area contributed by atoms with Gasteiger partial charge >= 0.3 is 0 Å². The van der Waals surface area contributed by atoms with Crippen molar-refractivity contribution in [3.05, 3.63) is 46.9 Å². The first kappa shape index (κ1) is 9.21. The molecule has 0 N–H and O–H groups in total. The Labute approximate surface area is 92.4 Å². The van der Waals surface area contributed by atoms with Crippen molar-refractivity contribution in [2.24, 2.45) is 10.2 Å². The highest BCUT2D eigenvalue weighted by Crippen LogP contribution is 2.36. The largest absolute Gasteiger partial charge is 0.480 e. The molecule has 5 heteroatoms. The Morgan fingerprint density at radius 1 is 1.38 bits per heavy atom. The summed E-state index contributed by atoms with van der Waals surface area (Å²) in [6, 6.07) is 0. The van der Waals surface area contributed by atoms with Gasteiger partial charge in [0.15, 0.2) is 5.76 Å². The topological polar surface area (TPSA) is 52.4 Å². The van der Waals surface area contributed by atoms with Crippen LogP contribution in [-0.2, 0) is 14.2 Å². The van der Waals surface area contributed by atoms with E-state index in [2.05, 4.69) is 10.2 Å². The summed E-state index contributed by atoms with van der Waals surface area (Å²) in [7, 11) is 1.58. The molecule has 0 saturated heterocycles. The average Bonchev–Trinajstić information content (AvgIpc) is 2.66. The van der Waals surface area contributed by atoms with E-state index in [1.165, 1.54) is 0 Å². The molecule has 0 atom stereocenters. The number of ether oxygens (including phenoxy) is 3. The van der Waals surface area contributed by atoms with Crippen LogP contribution in [0.15, 0.2) is 57.1 Å². The van der Waals surface area contributed by atoms with Gasteiger partial charge in [-0.05, 0) is 17.7 Å². The smallest absolute Gasteiger partial charge is 0.237 e. The molecule has 0 unspecified atom stereocenters. The maximum Gasteiger partial charge on any atom is 0.237 e. The van der Waals surface area contributed by atoms with E-state index in [-0.39, 0.29) is 6.79 Å². The standard InChI is InChI=1S/C11H10N2O3/c1-14-11-8-5-10-9(15-6-16-10)4-7(8)2-3-12-13-11/h2-4H,5-6H2,1H3. The SMILES string of the molecule is COC1=C2CC3=C(C=C2C=CN=N1)OCO3. The van der Waals surface area contributed by atoms with E-state index < -0.39 is 0 Å². The van der Waals surface area contributed by atoms with Crippen molar-refractivity contribution in [3.63, 3.8) is 0 Å². The summed E-state index contributed by atoms with van der Waals surface area (Å²) in [5, 5.41) is 7.84. The van der Waals surface area contributed by atoms with Crippen LogP contribution in [0.2, 0.25) is 0 Å². The lowest BCUT2D eigenvalue weighted by Crippen LogP contribution is -2.02. The average molecular weight is 218 g/mol. The van der Waals surface area contributed by atoms with Gasteiger partial charge in [-0.15, -0.1) is 5.11 Å². The fraction of sp³-hybridized carbons (Fsp3) is 0.273. The Morgan fingerprint density at radius 3 is 3.19 bits per heavy atom. The summed E-state index contributed by atoms with van der Waals surface area (Å²) in [5.74, 6) is 2.15. The van der Waals surface area contributed by atoms with E-state index in [4.69, 9.17) is 14.2 Å². The maximum atomic E-state index is 5.37. The van der Waals surface area contributed by atoms with Gasteiger partial charge in [0.05, 0.1) is 13.3 Å². The molecule has 5 nitrogen and oxygen atoms in total. The number of methoxy groups -OCH3 is 1. The molecule has 82 valence electrons. The van der Waals surface area contributed by atoms with E-state index >= 15 is 0 Å². The maximum absolute atomic E-state index is 5.37. The Bertz CT molecular complexity index is 483. The van der Waals surface area contributed by atoms with Gasteiger partial charge in [0, 0.05) is 12.0 Å². The zero-order valence-electron chi connectivity index (χ0n) is 8.77. The second-order valence-electron chi connectivity index (χ2n) is 3.49. The van der Waals surface area contributed by atoms with E-state index in [1.54, 1.807) is 13.3 Å². The Kier molecular flexibility index (Phi) is 2.02. The van der Waals surface area contributed by atoms with Crippen LogP contribution >= 0.6 is 0 Å². The molecule has 2 heterocycles. The Balaban J connectivity index is 2.09. The first-order chi connectivity index (χ1) is 7.88. The molecule has 16 heavy (non-hydrogen) atoms. The third-order valence-corrected chi connectivity index (χ3v) is 2.62. The lowest BCUT2D eigenvalue weighted by molar-refractivity contribution is 0.0735. The predicted molar refractivity (Wildman–Crippen MR) is 54.8 cm³/mol. The van der Waals surface area contributed by atoms with Crippen LogP contribution in [0.3, 0.4) is 0 Å². The number of nitrogens with zero attached hydrogens (tertiary/aromatic N) is 2. The van der Waals surface area contributed by atoms with Crippen LogP contribution < -0.4 is 0 Å². The van der Waals surface area contributed by atoms with E-state index in [0.717, 1.165) is 22.7 Å². The third-order valence-electron chi connectivity index (χ3n) is 2.62. The molecule has 0 spiro atoms. The van der Waals surface area contributed by atoms with Gasteiger partial charge in [0.1, 0.15) is 5.76 Å². The normalized spacial score (nSPS) is 21.9. The van der Waals surface area contributed by atoms with Crippen molar-refractivity contribution in [2.75, 3.05) is 13.9 Å². The van der Waals surface area contributed by atoms with Crippen molar-refractivity contribution in [1.29, 1.82) is 0 Å². The van der Waals surface area contributed by atoms with Crippen LogP contribution in [0.4, 0.5) is 0 Å². The molecule has 0 saturated carbocycles. The monoisotopic (exact) mass is 218 g/mol. The minimum absolute atomic E-state index is 0.287. The van der Waals surface area contributed by atoms with Gasteiger partial charge in [-0.25, -0.2) is 0 Å². The highest BCUT2D eigenvalue weighted by atomic mass is 16.7. The van der Waals surface area contributed by atoms with E-state index in [1.807, 2.05) is 12.2 Å². The highest BCUT2D eigenvalue weighted by Gasteiger charge is 2.27. The fourth-order valence-electron chi connectivity index (χ4n) is 1.84. The molecular weight excluding hydrogens is 208 g/mol. The number of azo groups is 1. The second-order valence-corrected chi connectivity index (χ2v) is 3.49. The van der Waals surface area contributed by atoms with Crippen LogP contribution in [0.1, 0.15) is 6.42 Å². The van der Waals surface area contributed by atoms with Gasteiger partial charge < -0.3 is 14.2 Å². The Hall–Kier alpha value is -2.04. The van der Waals surface area contributed by atoms with Crippen LogP contribution in [0.5, 0.6) is 0 Å². The molecule has 0 bridgehead atoms. The van der Waals surface area contributed by atoms with E-state index in [0.29, 0.717) is 12.3 Å². The lowest BCUT2D eigenvalue weighted by atomic mass is 9.96. The van der Waals surface area contributed by atoms with Gasteiger partial charge in [-0.2, -0.15) is 5.11 Å². The molecule has 0 aromatic carbocycles. The minimum atomic E-state index is 0.287. The fourth-order valence-corrected chi connectivity index (χ4v) is 1.84. The summed E-state index contributed by atoms with van der Waals surface area (Å²) in [6.45, 7) is 0.287. The predicted octanol–water partition coefficient (Wildman–Crippen LogP) is 2.37. The van der Waals surface area contributed by atoms with Crippen LogP contribution in [-0.4, -0.2) is 13.9 Å². The van der Waals surface area contributed by atoms with Gasteiger partial charge in [0.2, 0.25) is 12.7 Å². The minimum Gasteiger partial charge on any atom is -0.480 e. The summed E-state index contributed by atoms with van der Waals surface area (Å²) >= 11 is 0.